The van der Waals surface area contributed by atoms with E-state index < -0.39 is 0 Å². The topological polar surface area (TPSA) is 50.4 Å². The van der Waals surface area contributed by atoms with Gasteiger partial charge in [0.05, 0.1) is 0 Å². The minimum atomic E-state index is 0.111. The van der Waals surface area contributed by atoms with Gasteiger partial charge in [-0.2, -0.15) is 0 Å². The third-order valence-electron chi connectivity index (χ3n) is 3.63. The number of carbonyl (C=O) groups is 1. The Morgan fingerprint density at radius 1 is 1.45 bits per heavy atom. The Balaban J connectivity index is 1.78. The fourth-order valence-corrected chi connectivity index (χ4v) is 2.59. The maximum atomic E-state index is 11.6. The first-order chi connectivity index (χ1) is 9.81. The van der Waals surface area contributed by atoms with Crippen molar-refractivity contribution in [2.24, 2.45) is 0 Å². The Morgan fingerprint density at radius 2 is 2.35 bits per heavy atom. The zero-order valence-corrected chi connectivity index (χ0v) is 12.2. The SMILES string of the molecule is COCCCC(=O)NCCc1cccc2c1NCCC2. The number of fused-ring (bicyclic) bond motifs is 1. The van der Waals surface area contributed by atoms with E-state index in [0.717, 1.165) is 25.8 Å². The molecular weight excluding hydrogens is 252 g/mol. The predicted octanol–water partition coefficient (Wildman–Crippen LogP) is 2.13. The average molecular weight is 276 g/mol. The van der Waals surface area contributed by atoms with E-state index in [1.807, 2.05) is 0 Å². The predicted molar refractivity (Wildman–Crippen MR) is 81.1 cm³/mol. The molecule has 1 aliphatic heterocycles. The molecule has 1 amide bonds. The van der Waals surface area contributed by atoms with Crippen molar-refractivity contribution in [3.8, 4) is 0 Å². The number of rotatable bonds is 7. The summed E-state index contributed by atoms with van der Waals surface area (Å²) >= 11 is 0. The van der Waals surface area contributed by atoms with E-state index in [-0.39, 0.29) is 5.91 Å². The zero-order valence-electron chi connectivity index (χ0n) is 12.2. The quantitative estimate of drug-likeness (QED) is 0.750. The molecule has 0 unspecified atom stereocenters. The molecule has 0 atom stereocenters. The third kappa shape index (κ3) is 4.23. The normalized spacial score (nSPS) is 13.4. The fourth-order valence-electron chi connectivity index (χ4n) is 2.59. The number of para-hydroxylation sites is 1. The summed E-state index contributed by atoms with van der Waals surface area (Å²) in [5, 5.41) is 6.46. The van der Waals surface area contributed by atoms with Crippen LogP contribution in [0.15, 0.2) is 18.2 Å². The molecule has 2 rings (SSSR count). The number of hydrogen-bond donors (Lipinski definition) is 2. The maximum absolute atomic E-state index is 11.6. The van der Waals surface area contributed by atoms with Crippen LogP contribution in [0, 0.1) is 0 Å². The Hall–Kier alpha value is -1.55. The number of ether oxygens (including phenoxy) is 1. The number of carbonyl (C=O) groups excluding carboxylic acids is 1. The molecule has 1 aliphatic rings. The average Bonchev–Trinajstić information content (AvgIpc) is 2.48. The number of hydrogen-bond acceptors (Lipinski definition) is 3. The van der Waals surface area contributed by atoms with Crippen molar-refractivity contribution in [2.75, 3.05) is 32.1 Å². The highest BCUT2D eigenvalue weighted by molar-refractivity contribution is 5.75. The zero-order chi connectivity index (χ0) is 14.2. The summed E-state index contributed by atoms with van der Waals surface area (Å²) < 4.78 is 4.94. The van der Waals surface area contributed by atoms with Gasteiger partial charge in [0.25, 0.3) is 0 Å². The number of nitrogens with one attached hydrogen (secondary N) is 2. The van der Waals surface area contributed by atoms with Crippen LogP contribution in [-0.4, -0.2) is 32.7 Å². The smallest absolute Gasteiger partial charge is 0.220 e. The van der Waals surface area contributed by atoms with Crippen molar-refractivity contribution in [1.29, 1.82) is 0 Å². The van der Waals surface area contributed by atoms with Crippen LogP contribution in [0.2, 0.25) is 0 Å². The molecule has 4 heteroatoms. The Labute approximate surface area is 120 Å². The molecule has 1 aromatic rings. The lowest BCUT2D eigenvalue weighted by Crippen LogP contribution is -2.26. The van der Waals surface area contributed by atoms with E-state index in [1.165, 1.54) is 23.2 Å². The highest BCUT2D eigenvalue weighted by Crippen LogP contribution is 2.26. The van der Waals surface area contributed by atoms with E-state index in [1.54, 1.807) is 7.11 Å². The number of methoxy groups -OCH3 is 1. The van der Waals surface area contributed by atoms with Gasteiger partial charge < -0.3 is 15.4 Å². The fraction of sp³-hybridized carbons (Fsp3) is 0.562. The minimum Gasteiger partial charge on any atom is -0.385 e. The molecule has 20 heavy (non-hydrogen) atoms. The second-order valence-corrected chi connectivity index (χ2v) is 5.18. The number of aryl methyl sites for hydroxylation is 1. The molecule has 0 saturated carbocycles. The number of benzene rings is 1. The van der Waals surface area contributed by atoms with Crippen LogP contribution in [0.3, 0.4) is 0 Å². The third-order valence-corrected chi connectivity index (χ3v) is 3.63. The minimum absolute atomic E-state index is 0.111. The second kappa shape index (κ2) is 7.90. The highest BCUT2D eigenvalue weighted by atomic mass is 16.5. The van der Waals surface area contributed by atoms with Crippen molar-refractivity contribution in [3.63, 3.8) is 0 Å². The van der Waals surface area contributed by atoms with Crippen LogP contribution in [0.5, 0.6) is 0 Å². The summed E-state index contributed by atoms with van der Waals surface area (Å²) in [5.41, 5.74) is 3.99. The molecular formula is C16H24N2O2. The van der Waals surface area contributed by atoms with Gasteiger partial charge in [0, 0.05) is 38.9 Å². The van der Waals surface area contributed by atoms with Crippen molar-refractivity contribution >= 4 is 11.6 Å². The van der Waals surface area contributed by atoms with E-state index in [4.69, 9.17) is 4.74 Å². The maximum Gasteiger partial charge on any atom is 0.220 e. The first-order valence-electron chi connectivity index (χ1n) is 7.41. The number of amides is 1. The molecule has 4 nitrogen and oxygen atoms in total. The van der Waals surface area contributed by atoms with Crippen molar-refractivity contribution in [3.05, 3.63) is 29.3 Å². The summed E-state index contributed by atoms with van der Waals surface area (Å²) in [6.45, 7) is 2.39. The number of anilines is 1. The summed E-state index contributed by atoms with van der Waals surface area (Å²) in [7, 11) is 1.66. The Bertz CT molecular complexity index is 446. The Kier molecular flexibility index (Phi) is 5.87. The van der Waals surface area contributed by atoms with Crippen molar-refractivity contribution < 1.29 is 9.53 Å². The van der Waals surface area contributed by atoms with Gasteiger partial charge in [-0.05, 0) is 36.8 Å². The molecule has 0 aromatic heterocycles. The van der Waals surface area contributed by atoms with Gasteiger partial charge in [-0.15, -0.1) is 0 Å². The molecule has 0 radical (unpaired) electrons. The van der Waals surface area contributed by atoms with Crippen LogP contribution in [0.4, 0.5) is 5.69 Å². The van der Waals surface area contributed by atoms with Gasteiger partial charge in [-0.25, -0.2) is 0 Å². The summed E-state index contributed by atoms with van der Waals surface area (Å²) in [6, 6.07) is 6.45. The van der Waals surface area contributed by atoms with Crippen LogP contribution in [0.25, 0.3) is 0 Å². The lowest BCUT2D eigenvalue weighted by Gasteiger charge is -2.21. The molecule has 0 saturated heterocycles. The molecule has 1 heterocycles. The van der Waals surface area contributed by atoms with Crippen LogP contribution in [-0.2, 0) is 22.4 Å². The van der Waals surface area contributed by atoms with Gasteiger partial charge in [0.15, 0.2) is 0 Å². The van der Waals surface area contributed by atoms with Gasteiger partial charge in [-0.1, -0.05) is 18.2 Å². The van der Waals surface area contributed by atoms with E-state index in [0.29, 0.717) is 19.6 Å². The summed E-state index contributed by atoms with van der Waals surface area (Å²) in [6.07, 6.45) is 4.56. The first-order valence-corrected chi connectivity index (χ1v) is 7.41. The van der Waals surface area contributed by atoms with Crippen LogP contribution < -0.4 is 10.6 Å². The molecule has 0 spiro atoms. The highest BCUT2D eigenvalue weighted by Gasteiger charge is 2.12. The monoisotopic (exact) mass is 276 g/mol. The largest absolute Gasteiger partial charge is 0.385 e. The molecule has 0 fully saturated rings. The summed E-state index contributed by atoms with van der Waals surface area (Å²) in [4.78, 5) is 11.6. The molecule has 110 valence electrons. The second-order valence-electron chi connectivity index (χ2n) is 5.18. The molecule has 0 bridgehead atoms. The van der Waals surface area contributed by atoms with Gasteiger partial charge in [-0.3, -0.25) is 4.79 Å². The van der Waals surface area contributed by atoms with Gasteiger partial charge >= 0.3 is 0 Å². The lowest BCUT2D eigenvalue weighted by molar-refractivity contribution is -0.121. The standard InChI is InChI=1S/C16H24N2O2/c1-20-12-4-8-15(19)17-11-9-14-6-2-5-13-7-3-10-18-16(13)14/h2,5-6,18H,3-4,7-12H2,1H3,(H,17,19). The molecule has 1 aromatic carbocycles. The van der Waals surface area contributed by atoms with E-state index >= 15 is 0 Å². The van der Waals surface area contributed by atoms with Gasteiger partial charge in [0.1, 0.15) is 0 Å². The van der Waals surface area contributed by atoms with Crippen molar-refractivity contribution in [1.82, 2.24) is 5.32 Å². The molecule has 0 aliphatic carbocycles. The molecule has 2 N–H and O–H groups in total. The van der Waals surface area contributed by atoms with E-state index in [9.17, 15) is 4.79 Å². The Morgan fingerprint density at radius 3 is 3.20 bits per heavy atom. The van der Waals surface area contributed by atoms with Crippen LogP contribution >= 0.6 is 0 Å². The summed E-state index contributed by atoms with van der Waals surface area (Å²) in [5.74, 6) is 0.111. The van der Waals surface area contributed by atoms with Gasteiger partial charge in [0.2, 0.25) is 5.91 Å². The van der Waals surface area contributed by atoms with Crippen molar-refractivity contribution in [2.45, 2.75) is 32.1 Å². The van der Waals surface area contributed by atoms with Crippen LogP contribution in [0.1, 0.15) is 30.4 Å². The van der Waals surface area contributed by atoms with E-state index in [2.05, 4.69) is 28.8 Å². The first kappa shape index (κ1) is 14.9. The lowest BCUT2D eigenvalue weighted by atomic mass is 9.98.